The zero-order chi connectivity index (χ0) is 22.8. The number of thiazole rings is 1. The van der Waals surface area contributed by atoms with Crippen LogP contribution in [0, 0.1) is 0 Å². The summed E-state index contributed by atoms with van der Waals surface area (Å²) in [6.07, 6.45) is 1.66. The van der Waals surface area contributed by atoms with Crippen LogP contribution in [0.1, 0.15) is 11.4 Å². The zero-order valence-corrected chi connectivity index (χ0v) is 18.6. The van der Waals surface area contributed by atoms with Crippen LogP contribution in [0.3, 0.4) is 0 Å². The number of amides is 2. The number of carboxylic acid groups (broad SMARTS) is 1. The Labute approximate surface area is 193 Å². The number of carboxylic acids is 1. The number of oxime groups is 1. The average molecular weight is 493 g/mol. The number of nitrogen functional groups attached to an aromatic ring is 1. The summed E-state index contributed by atoms with van der Waals surface area (Å²) in [6.45, 7) is 0. The monoisotopic (exact) mass is 492 g/mol. The molecule has 0 bridgehead atoms. The van der Waals surface area contributed by atoms with Crippen molar-refractivity contribution in [3.05, 3.63) is 51.8 Å². The topological polar surface area (TPSA) is 171 Å². The minimum Gasteiger partial charge on any atom is -0.477 e. The molecule has 0 aromatic carbocycles. The smallest absolute Gasteiger partial charge is 0.353 e. The van der Waals surface area contributed by atoms with Crippen LogP contribution in [-0.2, 0) is 20.1 Å². The van der Waals surface area contributed by atoms with Gasteiger partial charge in [-0.3, -0.25) is 19.5 Å². The van der Waals surface area contributed by atoms with Crippen LogP contribution in [0.4, 0.5) is 5.13 Å². The standard InChI is InChI=1S/C18H16N6O5S3/c19-18-21-9(6-32-18)11(23-29)14(25)22-12-15(26)24-13(17(27)28)10(7-31-16(12)24)30-5-8-3-1-2-4-20-8/h1-4,6,12,16,29H,5,7H2,(H2,19,21)(H,22,25)(H,27,28)/b23-11-/t12-,16+/m1/s1. The van der Waals surface area contributed by atoms with Gasteiger partial charge in [-0.15, -0.1) is 34.9 Å². The van der Waals surface area contributed by atoms with Crippen LogP contribution in [0.15, 0.2) is 45.5 Å². The van der Waals surface area contributed by atoms with E-state index in [1.54, 1.807) is 12.3 Å². The fourth-order valence-electron chi connectivity index (χ4n) is 3.16. The molecule has 0 aliphatic carbocycles. The van der Waals surface area contributed by atoms with Gasteiger partial charge in [-0.2, -0.15) is 0 Å². The van der Waals surface area contributed by atoms with Crippen LogP contribution in [0.2, 0.25) is 0 Å². The SMILES string of the molecule is Nc1nc(/C(=N/O)C(=O)N[C@@H]2C(=O)N3C(C(=O)O)=C(SCc4ccccn4)CS[C@@H]23)cs1. The van der Waals surface area contributed by atoms with Gasteiger partial charge in [-0.25, -0.2) is 9.78 Å². The lowest BCUT2D eigenvalue weighted by molar-refractivity contribution is -0.150. The van der Waals surface area contributed by atoms with Gasteiger partial charge in [0, 0.05) is 28.0 Å². The van der Waals surface area contributed by atoms with E-state index in [1.807, 2.05) is 12.1 Å². The van der Waals surface area contributed by atoms with E-state index in [1.165, 1.54) is 33.8 Å². The van der Waals surface area contributed by atoms with Crippen molar-refractivity contribution in [2.45, 2.75) is 17.2 Å². The molecule has 1 fully saturated rings. The molecule has 1 saturated heterocycles. The molecule has 4 heterocycles. The molecule has 2 aromatic rings. The maximum Gasteiger partial charge on any atom is 0.353 e. The highest BCUT2D eigenvalue weighted by molar-refractivity contribution is 8.05. The summed E-state index contributed by atoms with van der Waals surface area (Å²) >= 11 is 3.72. The number of anilines is 1. The molecule has 2 atom stereocenters. The Kier molecular flexibility index (Phi) is 6.34. The molecule has 2 aliphatic rings. The summed E-state index contributed by atoms with van der Waals surface area (Å²) in [4.78, 5) is 47.1. The third-order valence-corrected chi connectivity index (χ3v) is 7.89. The molecule has 0 radical (unpaired) electrons. The quantitative estimate of drug-likeness (QED) is 0.189. The van der Waals surface area contributed by atoms with Crippen molar-refractivity contribution in [2.24, 2.45) is 5.16 Å². The number of carbonyl (C=O) groups is 3. The number of hydrogen-bond acceptors (Lipinski definition) is 11. The van der Waals surface area contributed by atoms with Gasteiger partial charge in [0.15, 0.2) is 10.8 Å². The van der Waals surface area contributed by atoms with Gasteiger partial charge >= 0.3 is 5.97 Å². The molecule has 2 amide bonds. The first-order chi connectivity index (χ1) is 15.4. The Balaban J connectivity index is 1.48. The molecular formula is C18H16N6O5S3. The van der Waals surface area contributed by atoms with E-state index < -0.39 is 29.2 Å². The first kappa shape index (κ1) is 22.1. The average Bonchev–Trinajstić information content (AvgIpc) is 3.22. The number of nitrogens with zero attached hydrogens (tertiary/aromatic N) is 4. The van der Waals surface area contributed by atoms with Gasteiger partial charge in [0.2, 0.25) is 0 Å². The third-order valence-electron chi connectivity index (χ3n) is 4.62. The predicted molar refractivity (Wildman–Crippen MR) is 120 cm³/mol. The summed E-state index contributed by atoms with van der Waals surface area (Å²) < 4.78 is 0. The minimum atomic E-state index is -1.22. The molecule has 5 N–H and O–H groups in total. The number of fused-ring (bicyclic) bond motifs is 1. The lowest BCUT2D eigenvalue weighted by Gasteiger charge is -2.49. The van der Waals surface area contributed by atoms with Crippen LogP contribution < -0.4 is 11.1 Å². The molecule has 2 aliphatic heterocycles. The number of rotatable bonds is 7. The van der Waals surface area contributed by atoms with E-state index in [9.17, 15) is 24.7 Å². The molecule has 166 valence electrons. The number of hydrogen-bond donors (Lipinski definition) is 4. The minimum absolute atomic E-state index is 0.0757. The van der Waals surface area contributed by atoms with Crippen molar-refractivity contribution in [2.75, 3.05) is 11.5 Å². The second-order valence-corrected chi connectivity index (χ2v) is 9.63. The van der Waals surface area contributed by atoms with Gasteiger partial charge < -0.3 is 21.4 Å². The Morgan fingerprint density at radius 3 is 2.84 bits per heavy atom. The Hall–Kier alpha value is -3.10. The number of nitrogens with one attached hydrogen (secondary N) is 1. The maximum absolute atomic E-state index is 12.8. The first-order valence-electron chi connectivity index (χ1n) is 9.08. The summed E-state index contributed by atoms with van der Waals surface area (Å²) in [5.74, 6) is -1.75. The summed E-state index contributed by atoms with van der Waals surface area (Å²) in [7, 11) is 0. The van der Waals surface area contributed by atoms with Crippen LogP contribution in [-0.4, -0.2) is 65.8 Å². The van der Waals surface area contributed by atoms with Gasteiger partial charge in [-0.1, -0.05) is 11.2 Å². The highest BCUT2D eigenvalue weighted by Gasteiger charge is 2.54. The second-order valence-electron chi connectivity index (χ2n) is 6.57. The van der Waals surface area contributed by atoms with E-state index in [-0.39, 0.29) is 22.2 Å². The molecular weight excluding hydrogens is 476 g/mol. The summed E-state index contributed by atoms with van der Waals surface area (Å²) in [6, 6.07) is 4.51. The van der Waals surface area contributed by atoms with Crippen LogP contribution in [0.5, 0.6) is 0 Å². The van der Waals surface area contributed by atoms with Crippen LogP contribution >= 0.6 is 34.9 Å². The predicted octanol–water partition coefficient (Wildman–Crippen LogP) is 0.928. The largest absolute Gasteiger partial charge is 0.477 e. The second kappa shape index (κ2) is 9.18. The van der Waals surface area contributed by atoms with E-state index in [2.05, 4.69) is 20.4 Å². The number of thioether (sulfide) groups is 2. The molecule has 0 spiro atoms. The summed E-state index contributed by atoms with van der Waals surface area (Å²) in [5.41, 5.74) is 5.94. The Morgan fingerprint density at radius 2 is 2.22 bits per heavy atom. The number of aliphatic carboxylic acids is 1. The lowest BCUT2D eigenvalue weighted by atomic mass is 10.0. The molecule has 32 heavy (non-hydrogen) atoms. The molecule has 0 saturated carbocycles. The number of nitrogens with two attached hydrogens (primary N) is 1. The molecule has 4 rings (SSSR count). The van der Waals surface area contributed by atoms with E-state index in [0.717, 1.165) is 17.0 Å². The Morgan fingerprint density at radius 1 is 1.41 bits per heavy atom. The van der Waals surface area contributed by atoms with E-state index in [4.69, 9.17) is 5.73 Å². The Bertz CT molecular complexity index is 1140. The van der Waals surface area contributed by atoms with Gasteiger partial charge in [0.05, 0.1) is 5.69 Å². The van der Waals surface area contributed by atoms with Gasteiger partial charge in [0.1, 0.15) is 22.8 Å². The van der Waals surface area contributed by atoms with Crippen molar-refractivity contribution in [3.8, 4) is 0 Å². The molecule has 2 aromatic heterocycles. The number of pyridine rings is 1. The molecule has 0 unspecified atom stereocenters. The fourth-order valence-corrected chi connectivity index (χ4v) is 6.26. The van der Waals surface area contributed by atoms with Crippen molar-refractivity contribution in [3.63, 3.8) is 0 Å². The van der Waals surface area contributed by atoms with Crippen molar-refractivity contribution in [1.82, 2.24) is 20.2 Å². The fraction of sp³-hybridized carbons (Fsp3) is 0.222. The van der Waals surface area contributed by atoms with Crippen molar-refractivity contribution in [1.29, 1.82) is 0 Å². The summed E-state index contributed by atoms with van der Waals surface area (Å²) in [5, 5.41) is 25.5. The number of carbonyl (C=O) groups excluding carboxylic acids is 2. The zero-order valence-electron chi connectivity index (χ0n) is 16.2. The van der Waals surface area contributed by atoms with Crippen molar-refractivity contribution >= 4 is 63.5 Å². The normalized spacial score (nSPS) is 20.6. The molecule has 11 nitrogen and oxygen atoms in total. The first-order valence-corrected chi connectivity index (χ1v) is 12.0. The molecule has 14 heteroatoms. The highest BCUT2D eigenvalue weighted by atomic mass is 32.2. The van der Waals surface area contributed by atoms with Gasteiger partial charge in [-0.05, 0) is 12.1 Å². The highest BCUT2D eigenvalue weighted by Crippen LogP contribution is 2.44. The van der Waals surface area contributed by atoms with Gasteiger partial charge in [0.25, 0.3) is 11.8 Å². The maximum atomic E-state index is 12.8. The third kappa shape index (κ3) is 4.16. The van der Waals surface area contributed by atoms with Crippen molar-refractivity contribution < 1.29 is 24.7 Å². The van der Waals surface area contributed by atoms with Crippen LogP contribution in [0.25, 0.3) is 0 Å². The number of β-lactam (4-membered cyclic amide) rings is 1. The number of aromatic nitrogens is 2. The lowest BCUT2D eigenvalue weighted by Crippen LogP contribution is -2.71. The van der Waals surface area contributed by atoms with E-state index >= 15 is 0 Å². The van der Waals surface area contributed by atoms with E-state index in [0.29, 0.717) is 16.4 Å².